The SMILES string of the molecule is CC=CC=CCO[C@@H]1OC(C)[C@H](O)[C@H](O)C1O. The van der Waals surface area contributed by atoms with Gasteiger partial charge >= 0.3 is 0 Å². The van der Waals surface area contributed by atoms with Gasteiger partial charge in [0.05, 0.1) is 12.7 Å². The maximum atomic E-state index is 9.63. The third-order valence-corrected chi connectivity index (χ3v) is 2.60. The lowest BCUT2D eigenvalue weighted by atomic mass is 10.0. The van der Waals surface area contributed by atoms with E-state index in [1.165, 1.54) is 0 Å². The Balaban J connectivity index is 2.42. The summed E-state index contributed by atoms with van der Waals surface area (Å²) in [6.45, 7) is 3.78. The fraction of sp³-hybridized carbons (Fsp3) is 0.667. The normalized spacial score (nSPS) is 39.2. The van der Waals surface area contributed by atoms with Crippen LogP contribution in [0.3, 0.4) is 0 Å². The van der Waals surface area contributed by atoms with Gasteiger partial charge in [-0.2, -0.15) is 0 Å². The molecule has 0 aromatic rings. The number of hydrogen-bond acceptors (Lipinski definition) is 5. The van der Waals surface area contributed by atoms with E-state index in [0.717, 1.165) is 0 Å². The first-order chi connectivity index (χ1) is 8.07. The number of hydrogen-bond donors (Lipinski definition) is 3. The molecule has 0 spiro atoms. The molecule has 1 aliphatic heterocycles. The van der Waals surface area contributed by atoms with E-state index in [0.29, 0.717) is 0 Å². The first kappa shape index (κ1) is 14.3. The van der Waals surface area contributed by atoms with Gasteiger partial charge in [-0.15, -0.1) is 0 Å². The number of aliphatic hydroxyl groups excluding tert-OH is 3. The van der Waals surface area contributed by atoms with Crippen molar-refractivity contribution < 1.29 is 24.8 Å². The van der Waals surface area contributed by atoms with E-state index < -0.39 is 30.7 Å². The third-order valence-electron chi connectivity index (χ3n) is 2.60. The standard InChI is InChI=1S/C12H20O5/c1-3-4-5-6-7-16-12-11(15)10(14)9(13)8(2)17-12/h3-6,8-15H,7H2,1-2H3/t8?,9-,10-,11?,12+/m0/s1. The summed E-state index contributed by atoms with van der Waals surface area (Å²) in [5, 5.41) is 28.6. The summed E-state index contributed by atoms with van der Waals surface area (Å²) in [7, 11) is 0. The number of ether oxygens (including phenoxy) is 2. The van der Waals surface area contributed by atoms with Gasteiger partial charge in [0.25, 0.3) is 0 Å². The maximum Gasteiger partial charge on any atom is 0.186 e. The molecule has 1 heterocycles. The maximum absolute atomic E-state index is 9.63. The van der Waals surface area contributed by atoms with Gasteiger partial charge in [-0.25, -0.2) is 0 Å². The highest BCUT2D eigenvalue weighted by atomic mass is 16.7. The van der Waals surface area contributed by atoms with Crippen LogP contribution in [0, 0.1) is 0 Å². The Morgan fingerprint density at radius 3 is 2.47 bits per heavy atom. The van der Waals surface area contributed by atoms with Gasteiger partial charge in [0, 0.05) is 0 Å². The first-order valence-corrected chi connectivity index (χ1v) is 5.67. The van der Waals surface area contributed by atoms with Gasteiger partial charge in [-0.3, -0.25) is 0 Å². The molecular formula is C12H20O5. The topological polar surface area (TPSA) is 79.2 Å². The average Bonchev–Trinajstić information content (AvgIpc) is 2.32. The zero-order valence-corrected chi connectivity index (χ0v) is 10.1. The highest BCUT2D eigenvalue weighted by Gasteiger charge is 2.42. The molecular weight excluding hydrogens is 224 g/mol. The average molecular weight is 244 g/mol. The van der Waals surface area contributed by atoms with Gasteiger partial charge in [0.15, 0.2) is 6.29 Å². The summed E-state index contributed by atoms with van der Waals surface area (Å²) in [4.78, 5) is 0. The smallest absolute Gasteiger partial charge is 0.186 e. The molecule has 0 amide bonds. The number of rotatable bonds is 4. The molecule has 0 saturated carbocycles. The molecule has 5 nitrogen and oxygen atoms in total. The molecule has 2 unspecified atom stereocenters. The summed E-state index contributed by atoms with van der Waals surface area (Å²) < 4.78 is 10.5. The predicted octanol–water partition coefficient (Wildman–Crippen LogP) is -0.0372. The summed E-state index contributed by atoms with van der Waals surface area (Å²) >= 11 is 0. The molecule has 1 fully saturated rings. The van der Waals surface area contributed by atoms with Gasteiger partial charge in [0.2, 0.25) is 0 Å². The van der Waals surface area contributed by atoms with Crippen LogP contribution in [0.1, 0.15) is 13.8 Å². The van der Waals surface area contributed by atoms with Crippen molar-refractivity contribution in [3.05, 3.63) is 24.3 Å². The van der Waals surface area contributed by atoms with Crippen molar-refractivity contribution in [1.29, 1.82) is 0 Å². The van der Waals surface area contributed by atoms with E-state index >= 15 is 0 Å². The summed E-state index contributed by atoms with van der Waals surface area (Å²) in [6.07, 6.45) is 2.23. The van der Waals surface area contributed by atoms with Crippen molar-refractivity contribution in [2.45, 2.75) is 44.6 Å². The minimum absolute atomic E-state index is 0.265. The van der Waals surface area contributed by atoms with Crippen LogP contribution in [-0.4, -0.2) is 52.6 Å². The van der Waals surface area contributed by atoms with Gasteiger partial charge in [-0.05, 0) is 13.8 Å². The largest absolute Gasteiger partial charge is 0.388 e. The zero-order chi connectivity index (χ0) is 12.8. The Bertz CT molecular complexity index is 276. The van der Waals surface area contributed by atoms with Crippen molar-refractivity contribution in [2.24, 2.45) is 0 Å². The predicted molar refractivity (Wildman–Crippen MR) is 62.3 cm³/mol. The molecule has 98 valence electrons. The summed E-state index contributed by atoms with van der Waals surface area (Å²) in [5.41, 5.74) is 0. The highest BCUT2D eigenvalue weighted by Crippen LogP contribution is 2.21. The van der Waals surface area contributed by atoms with Crippen LogP contribution in [-0.2, 0) is 9.47 Å². The summed E-state index contributed by atoms with van der Waals surface area (Å²) in [5.74, 6) is 0. The Morgan fingerprint density at radius 2 is 1.82 bits per heavy atom. The van der Waals surface area contributed by atoms with Crippen LogP contribution in [0.5, 0.6) is 0 Å². The van der Waals surface area contributed by atoms with Crippen LogP contribution in [0.4, 0.5) is 0 Å². The molecule has 1 rings (SSSR count). The molecule has 1 aliphatic rings. The molecule has 0 aromatic heterocycles. The number of allylic oxidation sites excluding steroid dienone is 3. The van der Waals surface area contributed by atoms with Crippen LogP contribution in [0.15, 0.2) is 24.3 Å². The Kier molecular flexibility index (Phi) is 5.80. The second-order valence-electron chi connectivity index (χ2n) is 3.97. The van der Waals surface area contributed by atoms with E-state index in [1.54, 1.807) is 13.0 Å². The van der Waals surface area contributed by atoms with E-state index in [2.05, 4.69) is 0 Å². The van der Waals surface area contributed by atoms with E-state index in [9.17, 15) is 15.3 Å². The van der Waals surface area contributed by atoms with Crippen molar-refractivity contribution >= 4 is 0 Å². The van der Waals surface area contributed by atoms with Gasteiger partial charge in [-0.1, -0.05) is 24.3 Å². The second-order valence-corrected chi connectivity index (χ2v) is 3.97. The molecule has 1 saturated heterocycles. The van der Waals surface area contributed by atoms with Crippen molar-refractivity contribution in [3.63, 3.8) is 0 Å². The van der Waals surface area contributed by atoms with E-state index in [4.69, 9.17) is 9.47 Å². The molecule has 0 bridgehead atoms. The molecule has 5 atom stereocenters. The van der Waals surface area contributed by atoms with Crippen LogP contribution < -0.4 is 0 Å². The van der Waals surface area contributed by atoms with E-state index in [1.807, 2.05) is 25.2 Å². The van der Waals surface area contributed by atoms with Gasteiger partial charge < -0.3 is 24.8 Å². The first-order valence-electron chi connectivity index (χ1n) is 5.67. The van der Waals surface area contributed by atoms with E-state index in [-0.39, 0.29) is 6.61 Å². The van der Waals surface area contributed by atoms with Crippen molar-refractivity contribution in [1.82, 2.24) is 0 Å². The Morgan fingerprint density at radius 1 is 1.12 bits per heavy atom. The lowest BCUT2D eigenvalue weighted by Gasteiger charge is -2.38. The fourth-order valence-electron chi connectivity index (χ4n) is 1.55. The van der Waals surface area contributed by atoms with Crippen LogP contribution >= 0.6 is 0 Å². The van der Waals surface area contributed by atoms with Crippen molar-refractivity contribution in [2.75, 3.05) is 6.61 Å². The monoisotopic (exact) mass is 244 g/mol. The lowest BCUT2D eigenvalue weighted by molar-refractivity contribution is -0.290. The van der Waals surface area contributed by atoms with Crippen LogP contribution in [0.2, 0.25) is 0 Å². The fourth-order valence-corrected chi connectivity index (χ4v) is 1.55. The minimum atomic E-state index is -1.25. The minimum Gasteiger partial charge on any atom is -0.388 e. The molecule has 0 radical (unpaired) electrons. The summed E-state index contributed by atoms with van der Waals surface area (Å²) in [6, 6.07) is 0. The molecule has 5 heteroatoms. The van der Waals surface area contributed by atoms with Crippen molar-refractivity contribution in [3.8, 4) is 0 Å². The Hall–Kier alpha value is -0.720. The molecule has 0 aliphatic carbocycles. The zero-order valence-electron chi connectivity index (χ0n) is 10.1. The molecule has 0 aromatic carbocycles. The second kappa shape index (κ2) is 6.88. The highest BCUT2D eigenvalue weighted by molar-refractivity contribution is 5.01. The molecule has 3 N–H and O–H groups in total. The quantitative estimate of drug-likeness (QED) is 0.605. The van der Waals surface area contributed by atoms with Crippen LogP contribution in [0.25, 0.3) is 0 Å². The molecule has 17 heavy (non-hydrogen) atoms. The Labute approximate surface area is 101 Å². The number of aliphatic hydroxyl groups is 3. The third kappa shape index (κ3) is 3.90. The lowest BCUT2D eigenvalue weighted by Crippen LogP contribution is -2.57. The van der Waals surface area contributed by atoms with Gasteiger partial charge in [0.1, 0.15) is 18.3 Å².